The van der Waals surface area contributed by atoms with Gasteiger partial charge in [0.15, 0.2) is 5.60 Å². The van der Waals surface area contributed by atoms with Crippen LogP contribution in [0.4, 0.5) is 8.78 Å². The lowest BCUT2D eigenvalue weighted by atomic mass is 9.80. The number of alkyl halides is 2. The van der Waals surface area contributed by atoms with Crippen molar-refractivity contribution in [2.75, 3.05) is 13.2 Å². The molecule has 24 heavy (non-hydrogen) atoms. The van der Waals surface area contributed by atoms with Gasteiger partial charge in [-0.15, -0.1) is 0 Å². The number of hydrogen-bond donors (Lipinski definition) is 2. The van der Waals surface area contributed by atoms with Gasteiger partial charge in [0.25, 0.3) is 0 Å². The van der Waals surface area contributed by atoms with Crippen LogP contribution in [0.5, 0.6) is 0 Å². The molecule has 0 aromatic heterocycles. The lowest BCUT2D eigenvalue weighted by molar-refractivity contribution is -0.174. The van der Waals surface area contributed by atoms with E-state index in [1.165, 1.54) is 0 Å². The number of esters is 1. The maximum absolute atomic E-state index is 13.6. The van der Waals surface area contributed by atoms with Gasteiger partial charge >= 0.3 is 5.97 Å². The smallest absolute Gasteiger partial charge is 0.343 e. The van der Waals surface area contributed by atoms with E-state index < -0.39 is 29.8 Å². The number of aliphatic imine (C=N–C) groups is 1. The van der Waals surface area contributed by atoms with Gasteiger partial charge in [-0.05, 0) is 12.0 Å². The molecule has 0 aliphatic heterocycles. The molecule has 5 nitrogen and oxygen atoms in total. The zero-order chi connectivity index (χ0) is 17.6. The summed E-state index contributed by atoms with van der Waals surface area (Å²) < 4.78 is 32.3. The second kappa shape index (κ2) is 7.70. The third-order valence-electron chi connectivity index (χ3n) is 4.29. The molecule has 1 fully saturated rings. The van der Waals surface area contributed by atoms with Crippen molar-refractivity contribution in [1.82, 2.24) is 0 Å². The van der Waals surface area contributed by atoms with Gasteiger partial charge in [-0.25, -0.2) is 13.6 Å². The Morgan fingerprint density at radius 2 is 2.17 bits per heavy atom. The number of hydrogen-bond acceptors (Lipinski definition) is 4. The van der Waals surface area contributed by atoms with Crippen LogP contribution in [0.3, 0.4) is 0 Å². The first kappa shape index (κ1) is 18.3. The third-order valence-corrected chi connectivity index (χ3v) is 4.29. The fourth-order valence-electron chi connectivity index (χ4n) is 3.02. The Kier molecular flexibility index (Phi) is 5.88. The first-order valence-electron chi connectivity index (χ1n) is 7.93. The largest absolute Gasteiger partial charge is 0.463 e. The molecule has 2 rings (SSSR count). The Morgan fingerprint density at radius 3 is 2.75 bits per heavy atom. The second-order valence-corrected chi connectivity index (χ2v) is 5.97. The van der Waals surface area contributed by atoms with Crippen molar-refractivity contribution in [2.24, 2.45) is 16.6 Å². The molecule has 0 saturated heterocycles. The minimum Gasteiger partial charge on any atom is -0.463 e. The fourth-order valence-corrected chi connectivity index (χ4v) is 3.02. The molecule has 1 saturated carbocycles. The zero-order valence-electron chi connectivity index (χ0n) is 13.3. The summed E-state index contributed by atoms with van der Waals surface area (Å²) in [7, 11) is 0. The highest BCUT2D eigenvalue weighted by molar-refractivity contribution is 5.81. The Morgan fingerprint density at radius 1 is 1.46 bits per heavy atom. The molecular formula is C17H22F2N2O3. The van der Waals surface area contributed by atoms with Crippen LogP contribution in [-0.4, -0.2) is 36.5 Å². The molecule has 0 heterocycles. The molecule has 3 N–H and O–H groups in total. The quantitative estimate of drug-likeness (QED) is 0.345. The van der Waals surface area contributed by atoms with Crippen molar-refractivity contribution in [3.63, 3.8) is 0 Å². The maximum atomic E-state index is 13.6. The highest BCUT2D eigenvalue weighted by Crippen LogP contribution is 2.47. The third kappa shape index (κ3) is 4.08. The van der Waals surface area contributed by atoms with E-state index in [4.69, 9.17) is 10.5 Å². The molecule has 0 spiro atoms. The summed E-state index contributed by atoms with van der Waals surface area (Å²) in [4.78, 5) is 16.3. The van der Waals surface area contributed by atoms with Crippen molar-refractivity contribution < 1.29 is 23.4 Å². The summed E-state index contributed by atoms with van der Waals surface area (Å²) >= 11 is 0. The van der Waals surface area contributed by atoms with Crippen LogP contribution in [0.1, 0.15) is 31.2 Å². The summed E-state index contributed by atoms with van der Waals surface area (Å²) in [6, 6.07) is 8.13. The average Bonchev–Trinajstić information content (AvgIpc) is 2.95. The summed E-state index contributed by atoms with van der Waals surface area (Å²) in [5.74, 6) is -4.65. The minimum atomic E-state index is -2.87. The number of aliphatic hydroxyl groups is 1. The Labute approximate surface area is 139 Å². The van der Waals surface area contributed by atoms with Crippen LogP contribution in [0.25, 0.3) is 0 Å². The Balaban J connectivity index is 2.16. The number of ether oxygens (including phenoxy) is 1. The predicted octanol–water partition coefficient (Wildman–Crippen LogP) is 2.23. The fraction of sp³-hybridized carbons (Fsp3) is 0.529. The minimum absolute atomic E-state index is 0.0361. The van der Waals surface area contributed by atoms with E-state index in [1.54, 1.807) is 30.3 Å². The Hall–Kier alpha value is -2.02. The summed E-state index contributed by atoms with van der Waals surface area (Å²) in [5.41, 5.74) is 3.32. The topological polar surface area (TPSA) is 84.9 Å². The maximum Gasteiger partial charge on any atom is 0.343 e. The summed E-state index contributed by atoms with van der Waals surface area (Å²) in [6.07, 6.45) is 0.773. The van der Waals surface area contributed by atoms with Gasteiger partial charge < -0.3 is 15.6 Å². The molecule has 132 valence electrons. The lowest BCUT2D eigenvalue weighted by Gasteiger charge is -2.32. The van der Waals surface area contributed by atoms with Gasteiger partial charge in [-0.3, -0.25) is 4.99 Å². The van der Waals surface area contributed by atoms with Crippen LogP contribution in [0.15, 0.2) is 35.3 Å². The van der Waals surface area contributed by atoms with E-state index in [0.717, 1.165) is 6.34 Å². The lowest BCUT2D eigenvalue weighted by Crippen LogP contribution is -2.44. The van der Waals surface area contributed by atoms with Crippen molar-refractivity contribution in [3.05, 3.63) is 35.9 Å². The number of benzene rings is 1. The molecule has 0 radical (unpaired) electrons. The summed E-state index contributed by atoms with van der Waals surface area (Å²) in [6.45, 7) is 0.420. The number of nitrogens with two attached hydrogens (primary N) is 1. The molecule has 2 unspecified atom stereocenters. The van der Waals surface area contributed by atoms with E-state index in [2.05, 4.69) is 4.99 Å². The van der Waals surface area contributed by atoms with E-state index in [-0.39, 0.29) is 25.0 Å². The Bertz CT molecular complexity index is 580. The van der Waals surface area contributed by atoms with E-state index in [9.17, 15) is 18.7 Å². The van der Waals surface area contributed by atoms with E-state index in [0.29, 0.717) is 13.0 Å². The van der Waals surface area contributed by atoms with E-state index >= 15 is 0 Å². The van der Waals surface area contributed by atoms with Crippen molar-refractivity contribution in [2.45, 2.75) is 37.2 Å². The molecule has 0 bridgehead atoms. The predicted molar refractivity (Wildman–Crippen MR) is 85.7 cm³/mol. The highest BCUT2D eigenvalue weighted by atomic mass is 19.3. The molecular weight excluding hydrogens is 318 g/mol. The molecule has 0 amide bonds. The molecule has 1 aromatic carbocycles. The van der Waals surface area contributed by atoms with Crippen LogP contribution >= 0.6 is 0 Å². The van der Waals surface area contributed by atoms with Crippen molar-refractivity contribution in [1.29, 1.82) is 0 Å². The van der Waals surface area contributed by atoms with Crippen molar-refractivity contribution >= 4 is 12.3 Å². The van der Waals surface area contributed by atoms with Gasteiger partial charge in [0.05, 0.1) is 12.9 Å². The first-order chi connectivity index (χ1) is 11.4. The molecule has 1 aliphatic rings. The van der Waals surface area contributed by atoms with Gasteiger partial charge in [0.1, 0.15) is 0 Å². The van der Waals surface area contributed by atoms with Gasteiger partial charge in [0.2, 0.25) is 5.92 Å². The SMILES string of the molecule is NC=NCCCOC(=O)C(O)(c1ccccc1)C1CCC(F)(F)C1. The monoisotopic (exact) mass is 340 g/mol. The van der Waals surface area contributed by atoms with E-state index in [1.807, 2.05) is 0 Å². The molecule has 1 aromatic rings. The summed E-state index contributed by atoms with van der Waals surface area (Å²) in [5, 5.41) is 11.0. The first-order valence-corrected chi connectivity index (χ1v) is 7.93. The van der Waals surface area contributed by atoms with Crippen molar-refractivity contribution in [3.8, 4) is 0 Å². The molecule has 2 atom stereocenters. The van der Waals surface area contributed by atoms with Crippen LogP contribution < -0.4 is 5.73 Å². The zero-order valence-corrected chi connectivity index (χ0v) is 13.3. The number of halogens is 2. The number of nitrogens with zero attached hydrogens (tertiary/aromatic N) is 1. The van der Waals surface area contributed by atoms with Crippen LogP contribution in [-0.2, 0) is 15.1 Å². The number of rotatable bonds is 7. The normalized spacial score (nSPS) is 22.4. The van der Waals surface area contributed by atoms with Gasteiger partial charge in [0, 0.05) is 31.7 Å². The standard InChI is InChI=1S/C17H22F2N2O3/c18-16(19)8-7-14(11-16)17(23,13-5-2-1-3-6-13)15(22)24-10-4-9-21-12-20/h1-3,5-6,12,14,23H,4,7-11H2,(H2,20,21). The molecule has 7 heteroatoms. The van der Waals surface area contributed by atoms with Crippen LogP contribution in [0.2, 0.25) is 0 Å². The highest BCUT2D eigenvalue weighted by Gasteiger charge is 2.54. The second-order valence-electron chi connectivity index (χ2n) is 5.97. The van der Waals surface area contributed by atoms with Gasteiger partial charge in [-0.2, -0.15) is 0 Å². The van der Waals surface area contributed by atoms with Gasteiger partial charge in [-0.1, -0.05) is 30.3 Å². The number of carbonyl (C=O) groups excluding carboxylic acids is 1. The number of carbonyl (C=O) groups is 1. The average molecular weight is 340 g/mol. The molecule has 1 aliphatic carbocycles. The van der Waals surface area contributed by atoms with Crippen LogP contribution in [0, 0.1) is 5.92 Å².